The summed E-state index contributed by atoms with van der Waals surface area (Å²) in [4.78, 5) is 2.14. The molecule has 1 saturated carbocycles. The summed E-state index contributed by atoms with van der Waals surface area (Å²) >= 11 is 0. The van der Waals surface area contributed by atoms with Crippen molar-refractivity contribution < 1.29 is 14.6 Å². The first kappa shape index (κ1) is 19.5. The highest BCUT2D eigenvalue weighted by Crippen LogP contribution is 2.50. The molecule has 4 nitrogen and oxygen atoms in total. The van der Waals surface area contributed by atoms with Gasteiger partial charge in [-0.2, -0.15) is 0 Å². The SMILES string of the molecule is COc1ccc(/C=C2\CCC(CN(C)C)C2(O)c2ccccc2OC)cc1. The molecule has 0 bridgehead atoms. The number of methoxy groups -OCH3 is 2. The lowest BCUT2D eigenvalue weighted by molar-refractivity contribution is 0.0196. The second-order valence-electron chi connectivity index (χ2n) is 7.41. The fourth-order valence-electron chi connectivity index (χ4n) is 4.09. The number of para-hydroxylation sites is 1. The predicted molar refractivity (Wildman–Crippen MR) is 109 cm³/mol. The topological polar surface area (TPSA) is 41.9 Å². The maximum absolute atomic E-state index is 12.0. The Balaban J connectivity index is 2.07. The predicted octanol–water partition coefficient (Wildman–Crippen LogP) is 3.95. The van der Waals surface area contributed by atoms with Crippen molar-refractivity contribution in [1.29, 1.82) is 0 Å². The molecule has 2 aromatic carbocycles. The fourth-order valence-corrected chi connectivity index (χ4v) is 4.09. The number of aliphatic hydroxyl groups is 1. The zero-order valence-electron chi connectivity index (χ0n) is 16.6. The highest BCUT2D eigenvalue weighted by Gasteiger charge is 2.47. The first-order chi connectivity index (χ1) is 13.0. The minimum absolute atomic E-state index is 0.105. The first-order valence-corrected chi connectivity index (χ1v) is 9.34. The van der Waals surface area contributed by atoms with E-state index in [2.05, 4.69) is 11.0 Å². The van der Waals surface area contributed by atoms with Crippen LogP contribution in [0.4, 0.5) is 0 Å². The molecule has 144 valence electrons. The Kier molecular flexibility index (Phi) is 5.88. The minimum atomic E-state index is -1.04. The molecule has 1 N–H and O–H groups in total. The van der Waals surface area contributed by atoms with E-state index >= 15 is 0 Å². The summed E-state index contributed by atoms with van der Waals surface area (Å²) in [5, 5.41) is 12.0. The highest BCUT2D eigenvalue weighted by atomic mass is 16.5. The van der Waals surface area contributed by atoms with Crippen molar-refractivity contribution >= 4 is 6.08 Å². The maximum atomic E-state index is 12.0. The minimum Gasteiger partial charge on any atom is -0.497 e. The molecule has 1 aliphatic rings. The smallest absolute Gasteiger partial charge is 0.125 e. The van der Waals surface area contributed by atoms with Gasteiger partial charge in [0.05, 0.1) is 14.2 Å². The van der Waals surface area contributed by atoms with Gasteiger partial charge >= 0.3 is 0 Å². The Morgan fingerprint density at radius 1 is 1.07 bits per heavy atom. The molecular weight excluding hydrogens is 338 g/mol. The number of hydrogen-bond acceptors (Lipinski definition) is 4. The number of nitrogens with zero attached hydrogens (tertiary/aromatic N) is 1. The monoisotopic (exact) mass is 367 g/mol. The average Bonchev–Trinajstić information content (AvgIpc) is 2.98. The van der Waals surface area contributed by atoms with Gasteiger partial charge in [-0.3, -0.25) is 0 Å². The summed E-state index contributed by atoms with van der Waals surface area (Å²) in [7, 11) is 7.42. The number of rotatable bonds is 6. The van der Waals surface area contributed by atoms with Gasteiger partial charge in [0.25, 0.3) is 0 Å². The zero-order chi connectivity index (χ0) is 19.4. The van der Waals surface area contributed by atoms with Gasteiger partial charge in [0.1, 0.15) is 17.1 Å². The van der Waals surface area contributed by atoms with Crippen molar-refractivity contribution in [1.82, 2.24) is 4.90 Å². The van der Waals surface area contributed by atoms with Crippen molar-refractivity contribution in [2.24, 2.45) is 5.92 Å². The summed E-state index contributed by atoms with van der Waals surface area (Å²) in [6.45, 7) is 0.814. The second kappa shape index (κ2) is 8.15. The van der Waals surface area contributed by atoms with Gasteiger partial charge in [-0.1, -0.05) is 36.4 Å². The van der Waals surface area contributed by atoms with Crippen LogP contribution in [-0.2, 0) is 5.60 Å². The first-order valence-electron chi connectivity index (χ1n) is 9.34. The van der Waals surface area contributed by atoms with Crippen LogP contribution >= 0.6 is 0 Å². The molecule has 0 aromatic heterocycles. The molecule has 0 spiro atoms. The van der Waals surface area contributed by atoms with E-state index < -0.39 is 5.60 Å². The molecule has 2 aromatic rings. The summed E-state index contributed by atoms with van der Waals surface area (Å²) < 4.78 is 10.8. The molecule has 2 atom stereocenters. The van der Waals surface area contributed by atoms with Crippen molar-refractivity contribution in [3.8, 4) is 11.5 Å². The normalized spacial score (nSPS) is 23.8. The average molecular weight is 367 g/mol. The third-order valence-electron chi connectivity index (χ3n) is 5.40. The van der Waals surface area contributed by atoms with Crippen LogP contribution in [-0.4, -0.2) is 44.9 Å². The molecule has 1 fully saturated rings. The van der Waals surface area contributed by atoms with E-state index in [-0.39, 0.29) is 5.92 Å². The Morgan fingerprint density at radius 2 is 1.78 bits per heavy atom. The van der Waals surface area contributed by atoms with Crippen LogP contribution in [0, 0.1) is 5.92 Å². The van der Waals surface area contributed by atoms with Crippen LogP contribution in [0.3, 0.4) is 0 Å². The van der Waals surface area contributed by atoms with Gasteiger partial charge in [0, 0.05) is 18.0 Å². The van der Waals surface area contributed by atoms with Crippen molar-refractivity contribution in [3.05, 3.63) is 65.2 Å². The molecule has 27 heavy (non-hydrogen) atoms. The second-order valence-corrected chi connectivity index (χ2v) is 7.41. The molecule has 0 saturated heterocycles. The highest BCUT2D eigenvalue weighted by molar-refractivity contribution is 5.60. The van der Waals surface area contributed by atoms with E-state index in [0.29, 0.717) is 0 Å². The van der Waals surface area contributed by atoms with Crippen molar-refractivity contribution in [3.63, 3.8) is 0 Å². The number of hydrogen-bond donors (Lipinski definition) is 1. The molecule has 4 heteroatoms. The quantitative estimate of drug-likeness (QED) is 0.840. The van der Waals surface area contributed by atoms with E-state index in [4.69, 9.17) is 9.47 Å². The third kappa shape index (κ3) is 3.87. The Bertz CT molecular complexity index is 798. The largest absolute Gasteiger partial charge is 0.497 e. The van der Waals surface area contributed by atoms with Crippen molar-refractivity contribution in [2.45, 2.75) is 18.4 Å². The maximum Gasteiger partial charge on any atom is 0.125 e. The Hall–Kier alpha value is -2.30. The van der Waals surface area contributed by atoms with Gasteiger partial charge in [0.15, 0.2) is 0 Å². The third-order valence-corrected chi connectivity index (χ3v) is 5.40. The van der Waals surface area contributed by atoms with Crippen molar-refractivity contribution in [2.75, 3.05) is 34.9 Å². The summed E-state index contributed by atoms with van der Waals surface area (Å²) in [5.74, 6) is 1.66. The summed E-state index contributed by atoms with van der Waals surface area (Å²) in [6, 6.07) is 15.7. The molecule has 0 amide bonds. The van der Waals surface area contributed by atoms with Gasteiger partial charge in [-0.15, -0.1) is 0 Å². The molecule has 0 radical (unpaired) electrons. The fraction of sp³-hybridized carbons (Fsp3) is 0.391. The number of ether oxygens (including phenoxy) is 2. The molecule has 2 unspecified atom stereocenters. The van der Waals surface area contributed by atoms with Crippen LogP contribution in [0.2, 0.25) is 0 Å². The Labute approximate surface area is 162 Å². The lowest BCUT2D eigenvalue weighted by atomic mass is 9.80. The lowest BCUT2D eigenvalue weighted by Gasteiger charge is -2.35. The standard InChI is InChI=1S/C23H29NO3/c1-24(2)16-19-12-11-18(15-17-9-13-20(26-3)14-10-17)23(19,25)21-7-5-6-8-22(21)27-4/h5-10,13-15,19,25H,11-12,16H2,1-4H3/b18-15+. The van der Waals surface area contributed by atoms with E-state index in [9.17, 15) is 5.11 Å². The van der Waals surface area contributed by atoms with E-state index in [1.165, 1.54) is 0 Å². The van der Waals surface area contributed by atoms with Gasteiger partial charge < -0.3 is 19.5 Å². The van der Waals surface area contributed by atoms with Crippen LogP contribution in [0.1, 0.15) is 24.0 Å². The van der Waals surface area contributed by atoms with Crippen LogP contribution in [0.25, 0.3) is 6.08 Å². The number of benzene rings is 2. The summed E-state index contributed by atoms with van der Waals surface area (Å²) in [6.07, 6.45) is 3.91. The summed E-state index contributed by atoms with van der Waals surface area (Å²) in [5.41, 5.74) is 1.89. The molecule has 3 rings (SSSR count). The van der Waals surface area contributed by atoms with Crippen LogP contribution < -0.4 is 9.47 Å². The van der Waals surface area contributed by atoms with E-state index in [1.54, 1.807) is 14.2 Å². The molecule has 0 heterocycles. The molecule has 1 aliphatic carbocycles. The van der Waals surface area contributed by atoms with Gasteiger partial charge in [-0.25, -0.2) is 0 Å². The zero-order valence-corrected chi connectivity index (χ0v) is 16.6. The van der Waals surface area contributed by atoms with Gasteiger partial charge in [-0.05, 0) is 56.3 Å². The molecule has 0 aliphatic heterocycles. The van der Waals surface area contributed by atoms with Crippen LogP contribution in [0.5, 0.6) is 11.5 Å². The molecular formula is C23H29NO3. The van der Waals surface area contributed by atoms with E-state index in [0.717, 1.165) is 47.6 Å². The van der Waals surface area contributed by atoms with Crippen LogP contribution in [0.15, 0.2) is 54.1 Å². The lowest BCUT2D eigenvalue weighted by Crippen LogP contribution is -2.38. The Morgan fingerprint density at radius 3 is 2.41 bits per heavy atom. The van der Waals surface area contributed by atoms with Gasteiger partial charge in [0.2, 0.25) is 0 Å². The van der Waals surface area contributed by atoms with E-state index in [1.807, 2.05) is 62.6 Å².